The summed E-state index contributed by atoms with van der Waals surface area (Å²) >= 11 is -2.00. The zero-order valence-corrected chi connectivity index (χ0v) is 8.22. The first-order chi connectivity index (χ1) is 4.06. The van der Waals surface area contributed by atoms with E-state index in [1.807, 2.05) is 0 Å². The van der Waals surface area contributed by atoms with Gasteiger partial charge >= 0.3 is 26.5 Å². The summed E-state index contributed by atoms with van der Waals surface area (Å²) in [5.74, 6) is -1.44. The van der Waals surface area contributed by atoms with Crippen LogP contribution in [0.15, 0.2) is 0 Å². The van der Waals surface area contributed by atoms with Gasteiger partial charge in [-0.1, -0.05) is 0 Å². The third-order valence-electron chi connectivity index (χ3n) is 0.341. The van der Waals surface area contributed by atoms with E-state index in [4.69, 9.17) is 12.1 Å². The van der Waals surface area contributed by atoms with E-state index in [0.717, 1.165) is 6.92 Å². The SMILES string of the molecule is CC(O)C(=O)[O-].[NH4+].[NH4+].[O]=[Ti][O-]. The predicted molar refractivity (Wildman–Crippen MR) is 29.3 cm³/mol. The number of carbonyl (C=O) groups is 1. The van der Waals surface area contributed by atoms with Crippen LogP contribution in [0.2, 0.25) is 0 Å². The molecule has 0 bridgehead atoms. The Bertz CT molecular complexity index is 97.7. The van der Waals surface area contributed by atoms with Crippen LogP contribution < -0.4 is 21.1 Å². The molecule has 0 aliphatic heterocycles. The van der Waals surface area contributed by atoms with Gasteiger partial charge in [0.25, 0.3) is 0 Å². The zero-order valence-electron chi connectivity index (χ0n) is 6.66. The number of aliphatic hydroxyl groups excluding tert-OH is 1. The summed E-state index contributed by atoms with van der Waals surface area (Å²) in [6.07, 6.45) is -1.34. The summed E-state index contributed by atoms with van der Waals surface area (Å²) in [6.45, 7) is 1.13. The van der Waals surface area contributed by atoms with Crippen molar-refractivity contribution in [2.24, 2.45) is 0 Å². The van der Waals surface area contributed by atoms with Crippen LogP contribution in [0.5, 0.6) is 0 Å². The Labute approximate surface area is 73.3 Å². The van der Waals surface area contributed by atoms with Crippen molar-refractivity contribution < 1.29 is 41.5 Å². The minimum absolute atomic E-state index is 0. The number of hydrogen-bond donors (Lipinski definition) is 3. The van der Waals surface area contributed by atoms with E-state index in [9.17, 15) is 9.90 Å². The first kappa shape index (κ1) is 22.4. The molecule has 0 amide bonds. The van der Waals surface area contributed by atoms with Crippen molar-refractivity contribution >= 4 is 5.97 Å². The fourth-order valence-corrected chi connectivity index (χ4v) is 0. The number of carboxylic acid groups (broad SMARTS) is 1. The van der Waals surface area contributed by atoms with Gasteiger partial charge in [-0.25, -0.2) is 0 Å². The average molecular weight is 205 g/mol. The molecule has 0 saturated heterocycles. The Morgan fingerprint density at radius 1 is 1.55 bits per heavy atom. The Morgan fingerprint density at radius 2 is 1.64 bits per heavy atom. The standard InChI is InChI=1S/C3H6O3.2H3N.2O.Ti/c1-2(4)3(5)6;;;;;/h2,4H,1H3,(H,5,6);2*1H3;;;/q;;;;-1;/p+1. The molecule has 0 aromatic carbocycles. The molecule has 0 spiro atoms. The van der Waals surface area contributed by atoms with Crippen molar-refractivity contribution in [2.45, 2.75) is 13.0 Å². The van der Waals surface area contributed by atoms with Crippen LogP contribution in [-0.4, -0.2) is 17.2 Å². The molecule has 0 radical (unpaired) electrons. The number of aliphatic hydroxyl groups is 1. The monoisotopic (exact) mass is 205 g/mol. The quantitative estimate of drug-likeness (QED) is 0.402. The number of hydrogen-bond acceptors (Lipinski definition) is 5. The van der Waals surface area contributed by atoms with Crippen LogP contribution in [0.25, 0.3) is 0 Å². The molecule has 0 aliphatic rings. The number of quaternary nitrogens is 2. The molecule has 1 unspecified atom stereocenters. The molecule has 0 aromatic rings. The van der Waals surface area contributed by atoms with Crippen LogP contribution in [0.1, 0.15) is 6.92 Å². The first-order valence-electron chi connectivity index (χ1n) is 1.94. The molecule has 11 heavy (non-hydrogen) atoms. The van der Waals surface area contributed by atoms with Crippen LogP contribution in [-0.2, 0) is 27.6 Å². The van der Waals surface area contributed by atoms with Crippen molar-refractivity contribution in [2.75, 3.05) is 0 Å². The average Bonchev–Trinajstić information content (AvgIpc) is 1.68. The summed E-state index contributed by atoms with van der Waals surface area (Å²) in [6, 6.07) is 0. The van der Waals surface area contributed by atoms with E-state index in [2.05, 4.69) is 0 Å². The minimum atomic E-state index is -2.00. The molecular weight excluding hydrogens is 192 g/mol. The second-order valence-electron chi connectivity index (χ2n) is 1.08. The molecule has 9 N–H and O–H groups in total. The summed E-state index contributed by atoms with van der Waals surface area (Å²) in [4.78, 5) is 9.34. The molecule has 8 heteroatoms. The van der Waals surface area contributed by atoms with Gasteiger partial charge in [0, 0.05) is 0 Å². The van der Waals surface area contributed by atoms with Gasteiger partial charge in [-0.05, 0) is 6.92 Å². The van der Waals surface area contributed by atoms with Gasteiger partial charge in [0.1, 0.15) is 0 Å². The molecule has 0 fully saturated rings. The van der Waals surface area contributed by atoms with Crippen molar-refractivity contribution in [3.63, 3.8) is 0 Å². The van der Waals surface area contributed by atoms with Crippen molar-refractivity contribution in [1.82, 2.24) is 12.3 Å². The fourth-order valence-electron chi connectivity index (χ4n) is 0. The predicted octanol–water partition coefficient (Wildman–Crippen LogP) is -2.44. The molecule has 69 valence electrons. The summed E-state index contributed by atoms with van der Waals surface area (Å²) < 4.78 is 17.0. The Kier molecular flexibility index (Phi) is 33.5. The Balaban J connectivity index is -0.0000000437. The van der Waals surface area contributed by atoms with E-state index in [-0.39, 0.29) is 12.3 Å². The third-order valence-corrected chi connectivity index (χ3v) is 0.341. The van der Waals surface area contributed by atoms with Gasteiger partial charge in [0.05, 0.1) is 12.1 Å². The van der Waals surface area contributed by atoms with E-state index < -0.39 is 31.6 Å². The van der Waals surface area contributed by atoms with Gasteiger partial charge in [0.15, 0.2) is 0 Å². The molecule has 0 heterocycles. The van der Waals surface area contributed by atoms with Gasteiger partial charge in [-0.2, -0.15) is 0 Å². The molecule has 0 aliphatic carbocycles. The van der Waals surface area contributed by atoms with Gasteiger partial charge < -0.3 is 27.3 Å². The van der Waals surface area contributed by atoms with Crippen LogP contribution in [0, 0.1) is 0 Å². The first-order valence-corrected chi connectivity index (χ1v) is 3.22. The normalized spacial score (nSPS) is 8.27. The molecular formula is C3H13N2O5Ti. The Morgan fingerprint density at radius 3 is 1.64 bits per heavy atom. The maximum atomic E-state index is 9.34. The fraction of sp³-hybridized carbons (Fsp3) is 0.667. The van der Waals surface area contributed by atoms with Crippen molar-refractivity contribution in [3.8, 4) is 0 Å². The summed E-state index contributed by atoms with van der Waals surface area (Å²) in [7, 11) is 0. The van der Waals surface area contributed by atoms with Crippen molar-refractivity contribution in [1.29, 1.82) is 0 Å². The topological polar surface area (TPSA) is 173 Å². The number of carboxylic acids is 1. The van der Waals surface area contributed by atoms with Crippen molar-refractivity contribution in [3.05, 3.63) is 0 Å². The van der Waals surface area contributed by atoms with Crippen LogP contribution in [0.3, 0.4) is 0 Å². The molecule has 0 rings (SSSR count). The van der Waals surface area contributed by atoms with Crippen LogP contribution >= 0.6 is 0 Å². The van der Waals surface area contributed by atoms with E-state index in [1.165, 1.54) is 0 Å². The molecule has 0 saturated carbocycles. The van der Waals surface area contributed by atoms with Gasteiger partial charge in [0.2, 0.25) is 0 Å². The molecule has 7 nitrogen and oxygen atoms in total. The van der Waals surface area contributed by atoms with E-state index in [1.54, 1.807) is 0 Å². The zero-order chi connectivity index (χ0) is 7.86. The second-order valence-corrected chi connectivity index (χ2v) is 1.34. The van der Waals surface area contributed by atoms with Gasteiger partial charge in [-0.15, -0.1) is 0 Å². The number of aliphatic carboxylic acids is 1. The maximum absolute atomic E-state index is 9.34. The number of carbonyl (C=O) groups excluding carboxylic acids is 1. The second kappa shape index (κ2) is 16.4. The molecule has 1 atom stereocenters. The summed E-state index contributed by atoms with van der Waals surface area (Å²) in [5.41, 5.74) is 0. The third kappa shape index (κ3) is 41.1. The van der Waals surface area contributed by atoms with E-state index >= 15 is 0 Å². The van der Waals surface area contributed by atoms with Gasteiger partial charge in [-0.3, -0.25) is 0 Å². The molecule has 0 aromatic heterocycles. The Hall–Kier alpha value is -0.176. The summed E-state index contributed by atoms with van der Waals surface area (Å²) in [5, 5.41) is 17.3. The number of rotatable bonds is 1. The van der Waals surface area contributed by atoms with Crippen LogP contribution in [0.4, 0.5) is 0 Å². The van der Waals surface area contributed by atoms with E-state index in [0.29, 0.717) is 0 Å².